The molecular formula is C15H17N2O. The fourth-order valence-corrected chi connectivity index (χ4v) is 2.44. The minimum absolute atomic E-state index is 0.0446. The number of rotatable bonds is 1. The van der Waals surface area contributed by atoms with E-state index in [0.29, 0.717) is 0 Å². The van der Waals surface area contributed by atoms with E-state index in [4.69, 9.17) is 4.74 Å². The van der Waals surface area contributed by atoms with E-state index in [1.807, 2.05) is 24.7 Å². The number of imidazole rings is 1. The smallest absolute Gasteiger partial charge is 0.125 e. The van der Waals surface area contributed by atoms with E-state index in [1.54, 1.807) is 0 Å². The summed E-state index contributed by atoms with van der Waals surface area (Å²) in [6, 6.07) is 8.18. The molecule has 1 aromatic carbocycles. The highest BCUT2D eigenvalue weighted by Crippen LogP contribution is 2.35. The molecule has 0 amide bonds. The van der Waals surface area contributed by atoms with Crippen LogP contribution in [0.5, 0.6) is 0 Å². The molecule has 3 rings (SSSR count). The van der Waals surface area contributed by atoms with Crippen molar-refractivity contribution >= 4 is 0 Å². The van der Waals surface area contributed by atoms with Gasteiger partial charge in [0.05, 0.1) is 30.4 Å². The molecule has 0 aliphatic carbocycles. The van der Waals surface area contributed by atoms with E-state index in [-0.39, 0.29) is 11.7 Å². The van der Waals surface area contributed by atoms with Crippen LogP contribution in [0.1, 0.15) is 36.8 Å². The van der Waals surface area contributed by atoms with E-state index in [2.05, 4.69) is 42.5 Å². The molecule has 0 N–H and O–H groups in total. The second-order valence-corrected chi connectivity index (χ2v) is 5.45. The molecule has 0 bridgehead atoms. The largest absolute Gasteiger partial charge is 0.359 e. The molecule has 3 heteroatoms. The third-order valence-electron chi connectivity index (χ3n) is 3.28. The molecule has 2 heterocycles. The van der Waals surface area contributed by atoms with E-state index in [1.165, 1.54) is 0 Å². The minimum Gasteiger partial charge on any atom is -0.359 e. The predicted molar refractivity (Wildman–Crippen MR) is 70.1 cm³/mol. The van der Waals surface area contributed by atoms with Crippen molar-refractivity contribution < 1.29 is 4.74 Å². The van der Waals surface area contributed by atoms with Gasteiger partial charge in [0.15, 0.2) is 0 Å². The van der Waals surface area contributed by atoms with Crippen LogP contribution in [0.2, 0.25) is 0 Å². The summed E-state index contributed by atoms with van der Waals surface area (Å²) in [5, 5.41) is 0. The first kappa shape index (κ1) is 11.5. The van der Waals surface area contributed by atoms with E-state index >= 15 is 0 Å². The second-order valence-electron chi connectivity index (χ2n) is 5.45. The van der Waals surface area contributed by atoms with E-state index in [0.717, 1.165) is 23.4 Å². The Morgan fingerprint density at radius 1 is 1.33 bits per heavy atom. The Kier molecular flexibility index (Phi) is 2.52. The van der Waals surface area contributed by atoms with Crippen LogP contribution in [0.4, 0.5) is 0 Å². The fourth-order valence-electron chi connectivity index (χ4n) is 2.44. The third kappa shape index (κ3) is 1.95. The summed E-state index contributed by atoms with van der Waals surface area (Å²) in [6.45, 7) is 8.97. The Morgan fingerprint density at radius 2 is 2.06 bits per heavy atom. The van der Waals surface area contributed by atoms with E-state index < -0.39 is 0 Å². The molecule has 1 aliphatic rings. The fraction of sp³-hybridized carbons (Fsp3) is 0.333. The van der Waals surface area contributed by atoms with Gasteiger partial charge in [0.1, 0.15) is 6.10 Å². The highest BCUT2D eigenvalue weighted by Gasteiger charge is 2.33. The average Bonchev–Trinajstić information content (AvgIpc) is 2.75. The lowest BCUT2D eigenvalue weighted by atomic mass is 10.00. The first-order chi connectivity index (χ1) is 8.55. The summed E-state index contributed by atoms with van der Waals surface area (Å²) in [7, 11) is 0. The highest BCUT2D eigenvalue weighted by molar-refractivity contribution is 5.31. The van der Waals surface area contributed by atoms with Crippen molar-refractivity contribution in [1.82, 2.24) is 9.55 Å². The number of nitrogens with zero attached hydrogens (tertiary/aromatic N) is 2. The van der Waals surface area contributed by atoms with Crippen molar-refractivity contribution in [2.75, 3.05) is 0 Å². The van der Waals surface area contributed by atoms with Gasteiger partial charge < -0.3 is 9.30 Å². The maximum absolute atomic E-state index is 6.20. The summed E-state index contributed by atoms with van der Waals surface area (Å²) in [5.74, 6) is 0. The minimum atomic E-state index is -0.179. The van der Waals surface area contributed by atoms with Crippen molar-refractivity contribution in [2.45, 2.75) is 32.1 Å². The standard InChI is InChI=1S/C15H17N2O/c1-11-4-6-12(7-5-11)14-13-8-16-10-17(13)9-15(2,3)18-14/h4-8,10,14H,1,9H2,2-3H3. The monoisotopic (exact) mass is 241 g/mol. The van der Waals surface area contributed by atoms with Gasteiger partial charge in [-0.1, -0.05) is 24.3 Å². The summed E-state index contributed by atoms with van der Waals surface area (Å²) in [6.07, 6.45) is 3.72. The zero-order valence-corrected chi connectivity index (χ0v) is 10.8. The number of benzene rings is 1. The molecule has 1 aliphatic heterocycles. The molecule has 0 saturated heterocycles. The number of aromatic nitrogens is 2. The van der Waals surface area contributed by atoms with Crippen molar-refractivity contribution in [3.05, 3.63) is 60.5 Å². The first-order valence-corrected chi connectivity index (χ1v) is 6.15. The topological polar surface area (TPSA) is 27.1 Å². The molecule has 1 unspecified atom stereocenters. The highest BCUT2D eigenvalue weighted by atomic mass is 16.5. The van der Waals surface area contributed by atoms with Gasteiger partial charge in [0.2, 0.25) is 0 Å². The lowest BCUT2D eigenvalue weighted by Crippen LogP contribution is -2.38. The molecule has 0 saturated carbocycles. The summed E-state index contributed by atoms with van der Waals surface area (Å²) in [4.78, 5) is 4.23. The zero-order valence-electron chi connectivity index (χ0n) is 10.8. The van der Waals surface area contributed by atoms with Gasteiger partial charge in [-0.3, -0.25) is 0 Å². The average molecular weight is 241 g/mol. The molecule has 1 aromatic heterocycles. The SMILES string of the molecule is [CH2]c1ccc(C2OC(C)(C)Cn3cncc32)cc1. The number of ether oxygens (including phenoxy) is 1. The summed E-state index contributed by atoms with van der Waals surface area (Å²) < 4.78 is 8.38. The van der Waals surface area contributed by atoms with Gasteiger partial charge in [-0.25, -0.2) is 4.98 Å². The maximum Gasteiger partial charge on any atom is 0.125 e. The molecule has 0 fully saturated rings. The Bertz CT molecular complexity index is 554. The Labute approximate surface area is 107 Å². The van der Waals surface area contributed by atoms with Gasteiger partial charge >= 0.3 is 0 Å². The van der Waals surface area contributed by atoms with Crippen molar-refractivity contribution in [3.8, 4) is 0 Å². The van der Waals surface area contributed by atoms with Crippen LogP contribution in [0.3, 0.4) is 0 Å². The van der Waals surface area contributed by atoms with Crippen molar-refractivity contribution in [1.29, 1.82) is 0 Å². The predicted octanol–water partition coefficient (Wildman–Crippen LogP) is 2.96. The van der Waals surface area contributed by atoms with Gasteiger partial charge in [-0.05, 0) is 31.9 Å². The molecule has 1 radical (unpaired) electrons. The van der Waals surface area contributed by atoms with Crippen LogP contribution in [0.25, 0.3) is 0 Å². The van der Waals surface area contributed by atoms with Gasteiger partial charge in [0, 0.05) is 0 Å². The summed E-state index contributed by atoms with van der Waals surface area (Å²) >= 11 is 0. The lowest BCUT2D eigenvalue weighted by molar-refractivity contribution is -0.0881. The third-order valence-corrected chi connectivity index (χ3v) is 3.28. The normalized spacial score (nSPS) is 21.6. The molecule has 0 spiro atoms. The lowest BCUT2D eigenvalue weighted by Gasteiger charge is -2.37. The van der Waals surface area contributed by atoms with E-state index in [9.17, 15) is 0 Å². The Morgan fingerprint density at radius 3 is 2.78 bits per heavy atom. The molecule has 2 aromatic rings. The van der Waals surface area contributed by atoms with Crippen molar-refractivity contribution in [3.63, 3.8) is 0 Å². The number of hydrogen-bond acceptors (Lipinski definition) is 2. The molecule has 18 heavy (non-hydrogen) atoms. The molecule has 1 atom stereocenters. The van der Waals surface area contributed by atoms with Crippen LogP contribution in [0, 0.1) is 6.92 Å². The van der Waals surface area contributed by atoms with Gasteiger partial charge in [0.25, 0.3) is 0 Å². The molecular weight excluding hydrogens is 224 g/mol. The number of fused-ring (bicyclic) bond motifs is 1. The zero-order chi connectivity index (χ0) is 12.8. The van der Waals surface area contributed by atoms with Crippen LogP contribution in [0.15, 0.2) is 36.8 Å². The molecule has 3 nitrogen and oxygen atoms in total. The Hall–Kier alpha value is -1.61. The first-order valence-electron chi connectivity index (χ1n) is 6.15. The van der Waals surface area contributed by atoms with Crippen LogP contribution >= 0.6 is 0 Å². The van der Waals surface area contributed by atoms with Crippen molar-refractivity contribution in [2.24, 2.45) is 0 Å². The Balaban J connectivity index is 2.04. The number of hydrogen-bond donors (Lipinski definition) is 0. The maximum atomic E-state index is 6.20. The molecule has 93 valence electrons. The van der Waals surface area contributed by atoms with Gasteiger partial charge in [-0.15, -0.1) is 0 Å². The quantitative estimate of drug-likeness (QED) is 0.767. The van der Waals surface area contributed by atoms with Gasteiger partial charge in [-0.2, -0.15) is 0 Å². The van der Waals surface area contributed by atoms with Crippen LogP contribution in [-0.4, -0.2) is 15.2 Å². The van der Waals surface area contributed by atoms with Crippen LogP contribution < -0.4 is 0 Å². The second kappa shape index (κ2) is 3.95. The summed E-state index contributed by atoms with van der Waals surface area (Å²) in [5.41, 5.74) is 3.10. The van der Waals surface area contributed by atoms with Crippen LogP contribution in [-0.2, 0) is 11.3 Å².